The molecular weight excluding hydrogens is 268 g/mol. The number of carbonyl (C=O) groups is 1. The SMILES string of the molecule is Cc1ccc(C(=O)N(C)C(C)CC(N)=S)cc1Cl. The number of hydrogen-bond acceptors (Lipinski definition) is 2. The van der Waals surface area contributed by atoms with Gasteiger partial charge in [0, 0.05) is 30.1 Å². The van der Waals surface area contributed by atoms with Crippen molar-refractivity contribution in [3.63, 3.8) is 0 Å². The van der Waals surface area contributed by atoms with Crippen LogP contribution in [0.5, 0.6) is 0 Å². The number of amides is 1. The van der Waals surface area contributed by atoms with Crippen molar-refractivity contribution in [3.8, 4) is 0 Å². The topological polar surface area (TPSA) is 46.3 Å². The average Bonchev–Trinajstić information content (AvgIpc) is 2.30. The molecule has 1 unspecified atom stereocenters. The van der Waals surface area contributed by atoms with Crippen molar-refractivity contribution in [2.45, 2.75) is 26.3 Å². The van der Waals surface area contributed by atoms with Crippen molar-refractivity contribution in [2.24, 2.45) is 5.73 Å². The molecule has 0 saturated heterocycles. The first kappa shape index (κ1) is 14.9. The number of carbonyl (C=O) groups excluding carboxylic acids is 1. The van der Waals surface area contributed by atoms with Gasteiger partial charge < -0.3 is 10.6 Å². The van der Waals surface area contributed by atoms with Crippen LogP contribution in [0.25, 0.3) is 0 Å². The number of halogens is 1. The van der Waals surface area contributed by atoms with Crippen LogP contribution in [0.4, 0.5) is 0 Å². The Morgan fingerprint density at radius 2 is 2.17 bits per heavy atom. The van der Waals surface area contributed by atoms with Crippen molar-refractivity contribution in [3.05, 3.63) is 34.3 Å². The second-order valence-electron chi connectivity index (χ2n) is 4.40. The Kier molecular flexibility index (Phi) is 5.11. The highest BCUT2D eigenvalue weighted by Crippen LogP contribution is 2.18. The fraction of sp³-hybridized carbons (Fsp3) is 0.385. The number of benzene rings is 1. The van der Waals surface area contributed by atoms with E-state index in [0.717, 1.165) is 5.56 Å². The van der Waals surface area contributed by atoms with Crippen molar-refractivity contribution in [1.29, 1.82) is 0 Å². The van der Waals surface area contributed by atoms with Crippen molar-refractivity contribution < 1.29 is 4.79 Å². The summed E-state index contributed by atoms with van der Waals surface area (Å²) in [7, 11) is 1.74. The Bertz CT molecular complexity index is 476. The molecule has 0 fully saturated rings. The largest absolute Gasteiger partial charge is 0.393 e. The monoisotopic (exact) mass is 284 g/mol. The van der Waals surface area contributed by atoms with Crippen LogP contribution in [0, 0.1) is 6.92 Å². The van der Waals surface area contributed by atoms with Gasteiger partial charge in [-0.3, -0.25) is 4.79 Å². The van der Waals surface area contributed by atoms with E-state index in [-0.39, 0.29) is 11.9 Å². The fourth-order valence-electron chi connectivity index (χ4n) is 1.56. The van der Waals surface area contributed by atoms with E-state index in [1.807, 2.05) is 19.9 Å². The van der Waals surface area contributed by atoms with Crippen LogP contribution < -0.4 is 5.73 Å². The summed E-state index contributed by atoms with van der Waals surface area (Å²) < 4.78 is 0. The van der Waals surface area contributed by atoms with Crippen LogP contribution >= 0.6 is 23.8 Å². The number of rotatable bonds is 4. The molecule has 3 nitrogen and oxygen atoms in total. The molecule has 0 radical (unpaired) electrons. The fourth-order valence-corrected chi connectivity index (χ4v) is 1.98. The summed E-state index contributed by atoms with van der Waals surface area (Å²) in [5, 5.41) is 0.594. The van der Waals surface area contributed by atoms with Gasteiger partial charge in [-0.15, -0.1) is 0 Å². The van der Waals surface area contributed by atoms with E-state index in [9.17, 15) is 4.79 Å². The maximum atomic E-state index is 12.2. The standard InChI is InChI=1S/C13H17ClN2OS/c1-8-4-5-10(7-11(8)14)13(17)16(3)9(2)6-12(15)18/h4-5,7,9H,6H2,1-3H3,(H2,15,18). The van der Waals surface area contributed by atoms with Gasteiger partial charge in [0.25, 0.3) is 5.91 Å². The average molecular weight is 285 g/mol. The van der Waals surface area contributed by atoms with E-state index in [4.69, 9.17) is 29.6 Å². The predicted molar refractivity (Wildman–Crippen MR) is 79.1 cm³/mol. The lowest BCUT2D eigenvalue weighted by atomic mass is 10.1. The quantitative estimate of drug-likeness (QED) is 0.865. The molecule has 18 heavy (non-hydrogen) atoms. The Balaban J connectivity index is 2.86. The predicted octanol–water partition coefficient (Wildman–Crippen LogP) is 2.79. The van der Waals surface area contributed by atoms with Gasteiger partial charge in [0.2, 0.25) is 0 Å². The van der Waals surface area contributed by atoms with Crippen LogP contribution in [-0.4, -0.2) is 28.9 Å². The molecule has 5 heteroatoms. The Morgan fingerprint density at radius 1 is 1.56 bits per heavy atom. The zero-order valence-corrected chi connectivity index (χ0v) is 12.3. The van der Waals surface area contributed by atoms with E-state index in [0.29, 0.717) is 22.0 Å². The van der Waals surface area contributed by atoms with E-state index >= 15 is 0 Å². The first-order chi connectivity index (χ1) is 8.32. The van der Waals surface area contributed by atoms with Crippen LogP contribution in [-0.2, 0) is 0 Å². The van der Waals surface area contributed by atoms with E-state index in [1.165, 1.54) is 0 Å². The molecule has 0 aliphatic carbocycles. The summed E-state index contributed by atoms with van der Waals surface area (Å²) in [5.74, 6) is -0.0827. The summed E-state index contributed by atoms with van der Waals surface area (Å²) in [6.07, 6.45) is 0.511. The number of thiocarbonyl (C=S) groups is 1. The molecule has 1 amide bonds. The lowest BCUT2D eigenvalue weighted by molar-refractivity contribution is 0.0748. The zero-order chi connectivity index (χ0) is 13.9. The molecule has 0 spiro atoms. The Morgan fingerprint density at radius 3 is 2.67 bits per heavy atom. The van der Waals surface area contributed by atoms with Crippen LogP contribution in [0.2, 0.25) is 5.02 Å². The van der Waals surface area contributed by atoms with Gasteiger partial charge in [0.15, 0.2) is 0 Å². The van der Waals surface area contributed by atoms with Crippen molar-refractivity contribution in [1.82, 2.24) is 4.90 Å². The zero-order valence-electron chi connectivity index (χ0n) is 10.7. The van der Waals surface area contributed by atoms with Gasteiger partial charge in [-0.2, -0.15) is 0 Å². The van der Waals surface area contributed by atoms with Crippen LogP contribution in [0.15, 0.2) is 18.2 Å². The smallest absolute Gasteiger partial charge is 0.253 e. The molecule has 1 aromatic carbocycles. The minimum atomic E-state index is -0.0827. The molecule has 0 aromatic heterocycles. The highest BCUT2D eigenvalue weighted by Gasteiger charge is 2.18. The number of nitrogens with two attached hydrogens (primary N) is 1. The molecule has 0 aliphatic rings. The van der Waals surface area contributed by atoms with Gasteiger partial charge in [-0.25, -0.2) is 0 Å². The third-order valence-electron chi connectivity index (χ3n) is 2.90. The maximum absolute atomic E-state index is 12.2. The summed E-state index contributed by atoms with van der Waals surface area (Å²) in [6.45, 7) is 3.81. The van der Waals surface area contributed by atoms with E-state index in [2.05, 4.69) is 0 Å². The highest BCUT2D eigenvalue weighted by atomic mass is 35.5. The van der Waals surface area contributed by atoms with Crippen molar-refractivity contribution in [2.75, 3.05) is 7.05 Å². The van der Waals surface area contributed by atoms with Crippen molar-refractivity contribution >= 4 is 34.7 Å². The van der Waals surface area contributed by atoms with Gasteiger partial charge in [-0.1, -0.05) is 29.9 Å². The first-order valence-electron chi connectivity index (χ1n) is 5.64. The molecular formula is C13H17ClN2OS. The number of aryl methyl sites for hydroxylation is 1. The second-order valence-corrected chi connectivity index (χ2v) is 5.33. The van der Waals surface area contributed by atoms with Crippen LogP contribution in [0.1, 0.15) is 29.3 Å². The van der Waals surface area contributed by atoms with Gasteiger partial charge in [0.05, 0.1) is 4.99 Å². The maximum Gasteiger partial charge on any atom is 0.253 e. The summed E-state index contributed by atoms with van der Waals surface area (Å²) >= 11 is 10.9. The first-order valence-corrected chi connectivity index (χ1v) is 6.43. The molecule has 98 valence electrons. The normalized spacial score (nSPS) is 12.0. The minimum Gasteiger partial charge on any atom is -0.393 e. The lowest BCUT2D eigenvalue weighted by Gasteiger charge is -2.24. The molecule has 1 atom stereocenters. The third kappa shape index (κ3) is 3.68. The van der Waals surface area contributed by atoms with Gasteiger partial charge in [-0.05, 0) is 31.5 Å². The molecule has 0 bridgehead atoms. The Labute approximate surface area is 118 Å². The molecule has 0 saturated carbocycles. The summed E-state index contributed by atoms with van der Waals surface area (Å²) in [6, 6.07) is 5.26. The molecule has 1 aromatic rings. The van der Waals surface area contributed by atoms with Crippen LogP contribution in [0.3, 0.4) is 0 Å². The molecule has 0 heterocycles. The summed E-state index contributed by atoms with van der Waals surface area (Å²) in [5.41, 5.74) is 7.01. The molecule has 1 rings (SSSR count). The summed E-state index contributed by atoms with van der Waals surface area (Å²) in [4.78, 5) is 14.2. The lowest BCUT2D eigenvalue weighted by Crippen LogP contribution is -2.37. The third-order valence-corrected chi connectivity index (χ3v) is 3.47. The highest BCUT2D eigenvalue weighted by molar-refractivity contribution is 7.80. The van der Waals surface area contributed by atoms with Gasteiger partial charge in [0.1, 0.15) is 0 Å². The minimum absolute atomic E-state index is 0.0323. The van der Waals surface area contributed by atoms with Gasteiger partial charge >= 0.3 is 0 Å². The van der Waals surface area contributed by atoms with E-state index in [1.54, 1.807) is 24.1 Å². The number of nitrogens with zero attached hydrogens (tertiary/aromatic N) is 1. The Hall–Kier alpha value is -1.13. The molecule has 0 aliphatic heterocycles. The molecule has 2 N–H and O–H groups in total. The van der Waals surface area contributed by atoms with E-state index < -0.39 is 0 Å². The number of hydrogen-bond donors (Lipinski definition) is 1. The second kappa shape index (κ2) is 6.16.